The molecule has 1 atom stereocenters. The SMILES string of the molecule is CC(Nc1nc(O)c(C=C2C=Nc3ncccc32)[nH]1)c1ccc(F)cc1. The minimum absolute atomic E-state index is 0.111. The fourth-order valence-corrected chi connectivity index (χ4v) is 2.78. The maximum atomic E-state index is 13.0. The zero-order valence-corrected chi connectivity index (χ0v) is 13.9. The van der Waals surface area contributed by atoms with Crippen LogP contribution in [0.25, 0.3) is 11.6 Å². The summed E-state index contributed by atoms with van der Waals surface area (Å²) in [5.41, 5.74) is 3.11. The third kappa shape index (κ3) is 3.06. The minimum atomic E-state index is -0.279. The number of pyridine rings is 1. The molecule has 6 nitrogen and oxygen atoms in total. The van der Waals surface area contributed by atoms with Crippen molar-refractivity contribution in [1.29, 1.82) is 0 Å². The van der Waals surface area contributed by atoms with Crippen molar-refractivity contribution in [3.05, 3.63) is 65.2 Å². The quantitative estimate of drug-likeness (QED) is 0.662. The summed E-state index contributed by atoms with van der Waals surface area (Å²) in [6, 6.07) is 9.88. The second kappa shape index (κ2) is 6.44. The third-order valence-electron chi connectivity index (χ3n) is 4.16. The average Bonchev–Trinajstić information content (AvgIpc) is 3.20. The van der Waals surface area contributed by atoms with E-state index in [-0.39, 0.29) is 17.7 Å². The van der Waals surface area contributed by atoms with Crippen LogP contribution >= 0.6 is 0 Å². The first-order valence-electron chi connectivity index (χ1n) is 8.12. The minimum Gasteiger partial charge on any atom is -0.492 e. The standard InChI is InChI=1S/C19H16FN5O/c1-11(12-4-6-14(20)7-5-12)23-19-24-16(18(26)25-19)9-13-10-22-17-15(13)3-2-8-21-17/h2-11,26H,1H3,(H2,23,24,25). The van der Waals surface area contributed by atoms with Gasteiger partial charge in [-0.1, -0.05) is 12.1 Å². The maximum absolute atomic E-state index is 13.0. The number of hydrogen-bond acceptors (Lipinski definition) is 5. The van der Waals surface area contributed by atoms with Gasteiger partial charge in [-0.3, -0.25) is 0 Å². The molecule has 3 N–H and O–H groups in total. The van der Waals surface area contributed by atoms with Gasteiger partial charge in [0.1, 0.15) is 11.5 Å². The number of imidazole rings is 1. The predicted octanol–water partition coefficient (Wildman–Crippen LogP) is 4.08. The normalized spacial score (nSPS) is 15.2. The van der Waals surface area contributed by atoms with Crippen molar-refractivity contribution in [2.45, 2.75) is 13.0 Å². The van der Waals surface area contributed by atoms with Crippen LogP contribution < -0.4 is 5.32 Å². The van der Waals surface area contributed by atoms with Gasteiger partial charge in [-0.2, -0.15) is 4.98 Å². The number of allylic oxidation sites excluding steroid dienone is 1. The van der Waals surface area contributed by atoms with Gasteiger partial charge in [0.2, 0.25) is 11.8 Å². The molecule has 1 unspecified atom stereocenters. The zero-order valence-electron chi connectivity index (χ0n) is 13.9. The molecular weight excluding hydrogens is 333 g/mol. The van der Waals surface area contributed by atoms with Gasteiger partial charge in [-0.25, -0.2) is 14.4 Å². The highest BCUT2D eigenvalue weighted by atomic mass is 19.1. The van der Waals surface area contributed by atoms with E-state index in [9.17, 15) is 9.50 Å². The molecule has 1 aromatic carbocycles. The summed E-state index contributed by atoms with van der Waals surface area (Å²) in [5.74, 6) is 0.684. The number of aliphatic imine (C=N–C) groups is 1. The highest BCUT2D eigenvalue weighted by Gasteiger charge is 2.16. The van der Waals surface area contributed by atoms with Crippen molar-refractivity contribution >= 4 is 29.6 Å². The molecule has 0 spiro atoms. The number of benzene rings is 1. The Morgan fingerprint density at radius 1 is 1.23 bits per heavy atom. The Morgan fingerprint density at radius 3 is 2.85 bits per heavy atom. The molecule has 0 saturated carbocycles. The molecule has 26 heavy (non-hydrogen) atoms. The molecular formula is C19H16FN5O. The number of anilines is 1. The molecule has 0 bridgehead atoms. The number of rotatable bonds is 4. The number of halogens is 1. The summed E-state index contributed by atoms with van der Waals surface area (Å²) in [4.78, 5) is 15.6. The molecule has 0 saturated heterocycles. The van der Waals surface area contributed by atoms with Gasteiger partial charge in [-0.05, 0) is 42.8 Å². The van der Waals surface area contributed by atoms with E-state index >= 15 is 0 Å². The number of aromatic nitrogens is 3. The number of fused-ring (bicyclic) bond motifs is 1. The van der Waals surface area contributed by atoms with Gasteiger partial charge < -0.3 is 15.4 Å². The maximum Gasteiger partial charge on any atom is 0.238 e. The predicted molar refractivity (Wildman–Crippen MR) is 99.0 cm³/mol. The van der Waals surface area contributed by atoms with Crippen LogP contribution in [0.3, 0.4) is 0 Å². The van der Waals surface area contributed by atoms with Crippen LogP contribution in [-0.4, -0.2) is 26.3 Å². The van der Waals surface area contributed by atoms with Gasteiger partial charge in [0, 0.05) is 23.5 Å². The lowest BCUT2D eigenvalue weighted by Gasteiger charge is -2.13. The van der Waals surface area contributed by atoms with E-state index in [1.165, 1.54) is 12.1 Å². The number of nitrogens with one attached hydrogen (secondary N) is 2. The summed E-state index contributed by atoms with van der Waals surface area (Å²) in [7, 11) is 0. The van der Waals surface area contributed by atoms with Crippen LogP contribution in [0.4, 0.5) is 16.2 Å². The Kier molecular flexibility index (Phi) is 3.96. The molecule has 4 rings (SSSR count). The van der Waals surface area contributed by atoms with Crippen molar-refractivity contribution in [1.82, 2.24) is 15.0 Å². The molecule has 1 aliphatic rings. The molecule has 0 radical (unpaired) electrons. The van der Waals surface area contributed by atoms with Crippen molar-refractivity contribution in [2.75, 3.05) is 5.32 Å². The molecule has 130 valence electrons. The van der Waals surface area contributed by atoms with E-state index in [2.05, 4.69) is 25.3 Å². The van der Waals surface area contributed by atoms with Gasteiger partial charge in [0.15, 0.2) is 5.82 Å². The monoisotopic (exact) mass is 349 g/mol. The van der Waals surface area contributed by atoms with E-state index in [1.807, 2.05) is 19.1 Å². The highest BCUT2D eigenvalue weighted by molar-refractivity contribution is 6.20. The first kappa shape index (κ1) is 16.0. The number of nitrogens with zero attached hydrogens (tertiary/aromatic N) is 3. The van der Waals surface area contributed by atoms with E-state index in [0.717, 1.165) is 16.7 Å². The lowest BCUT2D eigenvalue weighted by atomic mass is 10.1. The fourth-order valence-electron chi connectivity index (χ4n) is 2.78. The smallest absolute Gasteiger partial charge is 0.238 e. The second-order valence-corrected chi connectivity index (χ2v) is 5.97. The zero-order chi connectivity index (χ0) is 18.1. The Balaban J connectivity index is 1.56. The lowest BCUT2D eigenvalue weighted by Crippen LogP contribution is -2.07. The fraction of sp³-hybridized carbons (Fsp3) is 0.105. The molecule has 3 heterocycles. The summed E-state index contributed by atoms with van der Waals surface area (Å²) in [6.45, 7) is 1.93. The summed E-state index contributed by atoms with van der Waals surface area (Å²) in [6.07, 6.45) is 5.16. The molecule has 3 aromatic rings. The molecule has 0 fully saturated rings. The molecule has 2 aromatic heterocycles. The van der Waals surface area contributed by atoms with Crippen molar-refractivity contribution in [3.63, 3.8) is 0 Å². The van der Waals surface area contributed by atoms with Crippen LogP contribution in [0.1, 0.15) is 29.8 Å². The van der Waals surface area contributed by atoms with Crippen LogP contribution in [0.5, 0.6) is 5.88 Å². The summed E-state index contributed by atoms with van der Waals surface area (Å²) < 4.78 is 13.0. The van der Waals surface area contributed by atoms with Crippen LogP contribution in [0, 0.1) is 5.82 Å². The molecule has 7 heteroatoms. The summed E-state index contributed by atoms with van der Waals surface area (Å²) in [5, 5.41) is 13.3. The number of aromatic amines is 1. The molecule has 0 amide bonds. The highest BCUT2D eigenvalue weighted by Crippen LogP contribution is 2.32. The van der Waals surface area contributed by atoms with Crippen LogP contribution in [0.2, 0.25) is 0 Å². The van der Waals surface area contributed by atoms with Crippen molar-refractivity contribution in [2.24, 2.45) is 4.99 Å². The van der Waals surface area contributed by atoms with E-state index in [1.54, 1.807) is 30.6 Å². The van der Waals surface area contributed by atoms with Gasteiger partial charge in [-0.15, -0.1) is 0 Å². The number of hydrogen-bond donors (Lipinski definition) is 3. The second-order valence-electron chi connectivity index (χ2n) is 5.97. The van der Waals surface area contributed by atoms with Crippen molar-refractivity contribution < 1.29 is 9.50 Å². The Hall–Kier alpha value is -3.48. The van der Waals surface area contributed by atoms with Crippen LogP contribution in [-0.2, 0) is 0 Å². The number of aromatic hydroxyl groups is 1. The molecule has 0 aliphatic carbocycles. The van der Waals surface area contributed by atoms with Gasteiger partial charge in [0.05, 0.1) is 6.04 Å². The first-order valence-corrected chi connectivity index (χ1v) is 8.12. The molecule has 1 aliphatic heterocycles. The average molecular weight is 349 g/mol. The first-order chi connectivity index (χ1) is 12.6. The summed E-state index contributed by atoms with van der Waals surface area (Å²) >= 11 is 0. The Labute approximate surface area is 149 Å². The largest absolute Gasteiger partial charge is 0.492 e. The Morgan fingerprint density at radius 2 is 2.04 bits per heavy atom. The van der Waals surface area contributed by atoms with Gasteiger partial charge in [0.25, 0.3) is 0 Å². The van der Waals surface area contributed by atoms with Crippen LogP contribution in [0.15, 0.2) is 47.6 Å². The van der Waals surface area contributed by atoms with E-state index in [4.69, 9.17) is 0 Å². The van der Waals surface area contributed by atoms with E-state index < -0.39 is 0 Å². The Bertz CT molecular complexity index is 1010. The topological polar surface area (TPSA) is 86.2 Å². The van der Waals surface area contributed by atoms with E-state index in [0.29, 0.717) is 17.5 Å². The van der Waals surface area contributed by atoms with Gasteiger partial charge >= 0.3 is 0 Å². The third-order valence-corrected chi connectivity index (χ3v) is 4.16. The lowest BCUT2D eigenvalue weighted by molar-refractivity contribution is 0.455. The van der Waals surface area contributed by atoms with Crippen molar-refractivity contribution in [3.8, 4) is 5.88 Å². The number of H-pyrrole nitrogens is 1.